The van der Waals surface area contributed by atoms with Crippen LogP contribution < -0.4 is 0 Å². The average molecular weight is 1370 g/mol. The minimum atomic E-state index is -4.97. The molecule has 19 heteroatoms. The van der Waals surface area contributed by atoms with Crippen molar-refractivity contribution in [2.45, 2.75) is 341 Å². The van der Waals surface area contributed by atoms with Gasteiger partial charge in [-0.05, 0) is 89.9 Å². The highest BCUT2D eigenvalue weighted by Crippen LogP contribution is 2.45. The molecule has 0 aromatic carbocycles. The van der Waals surface area contributed by atoms with E-state index >= 15 is 0 Å². The maximum absolute atomic E-state index is 13.0. The van der Waals surface area contributed by atoms with Gasteiger partial charge in [0.15, 0.2) is 12.2 Å². The zero-order valence-corrected chi connectivity index (χ0v) is 61.2. The van der Waals surface area contributed by atoms with Crippen LogP contribution in [-0.4, -0.2) is 96.7 Å². The lowest BCUT2D eigenvalue weighted by molar-refractivity contribution is -0.161. The Morgan fingerprint density at radius 2 is 0.553 bits per heavy atom. The van der Waals surface area contributed by atoms with Gasteiger partial charge in [0.2, 0.25) is 0 Å². The number of rotatable bonds is 70. The van der Waals surface area contributed by atoms with Crippen LogP contribution in [0.15, 0.2) is 72.9 Å². The molecule has 0 heterocycles. The van der Waals surface area contributed by atoms with E-state index in [9.17, 15) is 43.2 Å². The Hall–Kier alpha value is -3.50. The van der Waals surface area contributed by atoms with Crippen LogP contribution in [0, 0.1) is 0 Å². The molecule has 0 bridgehead atoms. The van der Waals surface area contributed by atoms with Gasteiger partial charge in [0, 0.05) is 25.7 Å². The molecule has 3 N–H and O–H groups in total. The first-order valence-corrected chi connectivity index (χ1v) is 40.2. The summed E-state index contributed by atoms with van der Waals surface area (Å²) in [5, 5.41) is 10.6. The number of phosphoric ester groups is 2. The number of hydrogen-bond donors (Lipinski definition) is 3. The Kier molecular flexibility index (Phi) is 65.5. The lowest BCUT2D eigenvalue weighted by Crippen LogP contribution is -2.30. The van der Waals surface area contributed by atoms with Gasteiger partial charge in [-0.2, -0.15) is 0 Å². The molecule has 0 amide bonds. The summed E-state index contributed by atoms with van der Waals surface area (Å²) in [5.41, 5.74) is 0. The van der Waals surface area contributed by atoms with E-state index < -0.39 is 97.5 Å². The highest BCUT2D eigenvalue weighted by molar-refractivity contribution is 7.47. The number of phosphoric acid groups is 2. The van der Waals surface area contributed by atoms with Crippen LogP contribution in [0.4, 0.5) is 0 Å². The molecule has 0 rings (SSSR count). The Morgan fingerprint density at radius 1 is 0.309 bits per heavy atom. The van der Waals surface area contributed by atoms with Gasteiger partial charge < -0.3 is 33.8 Å². The molecule has 0 aromatic heterocycles. The largest absolute Gasteiger partial charge is 0.472 e. The summed E-state index contributed by atoms with van der Waals surface area (Å²) in [4.78, 5) is 72.7. The molecule has 0 aliphatic carbocycles. The molecule has 0 fully saturated rings. The van der Waals surface area contributed by atoms with Crippen molar-refractivity contribution in [3.8, 4) is 0 Å². The van der Waals surface area contributed by atoms with Crippen molar-refractivity contribution in [1.82, 2.24) is 0 Å². The second-order valence-electron chi connectivity index (χ2n) is 24.8. The standard InChI is InChI=1S/C75H134O17P2/c1-5-9-13-17-21-25-29-31-33-34-36-38-42-44-48-52-56-60-73(78)86-66-71(92-75(80)62-58-54-50-46-40-28-24-20-16-12-8-4)68-90-94(83,84)88-64-69(76)63-87-93(81,82)89-67-70(91-74(79)61-57-53-49-45-39-27-23-19-15-11-7-3)65-85-72(77)59-55-51-47-43-41-37-35-32-30-26-22-18-14-10-6-2/h9-10,13-14,21-22,25-26,31-33,35,69-71,76H,5-8,11-12,15-20,23-24,27-30,34,36-68H2,1-4H3,(H,81,82)(H,83,84)/b13-9-,14-10-,25-21-,26-22-,33-31-,35-32-. The lowest BCUT2D eigenvalue weighted by Gasteiger charge is -2.21. The number of ether oxygens (including phenoxy) is 4. The molecule has 5 unspecified atom stereocenters. The molecule has 0 radical (unpaired) electrons. The van der Waals surface area contributed by atoms with Crippen LogP contribution in [0.25, 0.3) is 0 Å². The summed E-state index contributed by atoms with van der Waals surface area (Å²) >= 11 is 0. The van der Waals surface area contributed by atoms with E-state index in [-0.39, 0.29) is 25.7 Å². The molecular formula is C75H134O17P2. The predicted molar refractivity (Wildman–Crippen MR) is 381 cm³/mol. The number of hydrogen-bond acceptors (Lipinski definition) is 15. The third-order valence-corrected chi connectivity index (χ3v) is 17.6. The fraction of sp³-hybridized carbons (Fsp3) is 0.787. The van der Waals surface area contributed by atoms with Crippen LogP contribution in [0.2, 0.25) is 0 Å². The molecule has 94 heavy (non-hydrogen) atoms. The van der Waals surface area contributed by atoms with Crippen LogP contribution >= 0.6 is 15.6 Å². The Balaban J connectivity index is 5.28. The number of carbonyl (C=O) groups is 4. The second kappa shape index (κ2) is 68.0. The van der Waals surface area contributed by atoms with E-state index in [0.717, 1.165) is 167 Å². The average Bonchev–Trinajstić information content (AvgIpc) is 1.32. The molecule has 0 aliphatic rings. The van der Waals surface area contributed by atoms with Crippen LogP contribution in [-0.2, 0) is 65.4 Å². The summed E-state index contributed by atoms with van der Waals surface area (Å²) in [7, 11) is -9.93. The summed E-state index contributed by atoms with van der Waals surface area (Å²) in [6, 6.07) is 0. The molecule has 0 saturated heterocycles. The Labute approximate surface area is 571 Å². The first kappa shape index (κ1) is 90.5. The van der Waals surface area contributed by atoms with Gasteiger partial charge in [0.05, 0.1) is 26.4 Å². The maximum Gasteiger partial charge on any atom is 0.472 e. The number of aliphatic hydroxyl groups excluding tert-OH is 1. The molecular weight excluding hydrogens is 1230 g/mol. The highest BCUT2D eigenvalue weighted by Gasteiger charge is 2.30. The fourth-order valence-corrected chi connectivity index (χ4v) is 11.7. The van der Waals surface area contributed by atoms with Gasteiger partial charge in [0.25, 0.3) is 0 Å². The van der Waals surface area contributed by atoms with E-state index in [1.165, 1.54) is 77.0 Å². The van der Waals surface area contributed by atoms with Gasteiger partial charge in [-0.25, -0.2) is 9.13 Å². The van der Waals surface area contributed by atoms with Crippen molar-refractivity contribution in [2.75, 3.05) is 39.6 Å². The Bertz CT molecular complexity index is 2070. The first-order valence-electron chi connectivity index (χ1n) is 37.2. The Morgan fingerprint density at radius 3 is 0.851 bits per heavy atom. The van der Waals surface area contributed by atoms with Crippen LogP contribution in [0.5, 0.6) is 0 Å². The monoisotopic (exact) mass is 1370 g/mol. The van der Waals surface area contributed by atoms with Crippen molar-refractivity contribution >= 4 is 39.5 Å². The van der Waals surface area contributed by atoms with Gasteiger partial charge in [0.1, 0.15) is 19.3 Å². The summed E-state index contributed by atoms with van der Waals surface area (Å²) in [6.07, 6.45) is 66.2. The van der Waals surface area contributed by atoms with Crippen molar-refractivity contribution in [1.29, 1.82) is 0 Å². The molecule has 0 saturated carbocycles. The van der Waals surface area contributed by atoms with Crippen molar-refractivity contribution in [3.63, 3.8) is 0 Å². The minimum absolute atomic E-state index is 0.0959. The first-order chi connectivity index (χ1) is 45.7. The summed E-state index contributed by atoms with van der Waals surface area (Å²) in [5.74, 6) is -2.18. The van der Waals surface area contributed by atoms with Gasteiger partial charge in [-0.3, -0.25) is 37.3 Å². The number of allylic oxidation sites excluding steroid dienone is 12. The predicted octanol–water partition coefficient (Wildman–Crippen LogP) is 20.9. The zero-order chi connectivity index (χ0) is 69.0. The molecule has 546 valence electrons. The number of esters is 4. The zero-order valence-electron chi connectivity index (χ0n) is 59.4. The molecule has 5 atom stereocenters. The maximum atomic E-state index is 13.0. The van der Waals surface area contributed by atoms with Crippen molar-refractivity contribution in [2.24, 2.45) is 0 Å². The SMILES string of the molecule is CC/C=C\C/C=C\C/C=C\CCCCCCCCCC(=O)OCC(COP(=O)(O)OCC(O)COP(=O)(O)OCC(COC(=O)CCCCCCC/C=C\C/C=C\C/C=C\CC)OC(=O)CCCCCCCCCCCCC)OC(=O)CCCCCCCCCCCCC. The summed E-state index contributed by atoms with van der Waals surface area (Å²) in [6.45, 7) is 4.64. The minimum Gasteiger partial charge on any atom is -0.462 e. The van der Waals surface area contributed by atoms with E-state index in [4.69, 9.17) is 37.0 Å². The van der Waals surface area contributed by atoms with Crippen molar-refractivity contribution < 1.29 is 80.2 Å². The molecule has 0 aromatic rings. The van der Waals surface area contributed by atoms with Crippen LogP contribution in [0.1, 0.15) is 323 Å². The fourth-order valence-electron chi connectivity index (χ4n) is 10.1. The molecule has 17 nitrogen and oxygen atoms in total. The quantitative estimate of drug-likeness (QED) is 0.0169. The second-order valence-corrected chi connectivity index (χ2v) is 27.7. The number of unbranched alkanes of at least 4 members (excludes halogenated alkanes) is 32. The van der Waals surface area contributed by atoms with Gasteiger partial charge in [-0.1, -0.05) is 280 Å². The third-order valence-electron chi connectivity index (χ3n) is 15.7. The number of aliphatic hydroxyl groups is 1. The lowest BCUT2D eigenvalue weighted by atomic mass is 10.1. The van der Waals surface area contributed by atoms with E-state index in [1.807, 2.05) is 0 Å². The normalized spacial score (nSPS) is 14.4. The van der Waals surface area contributed by atoms with Gasteiger partial charge in [-0.15, -0.1) is 0 Å². The van der Waals surface area contributed by atoms with E-state index in [1.54, 1.807) is 0 Å². The smallest absolute Gasteiger partial charge is 0.462 e. The molecule has 0 aliphatic heterocycles. The van der Waals surface area contributed by atoms with Crippen molar-refractivity contribution in [3.05, 3.63) is 72.9 Å². The third kappa shape index (κ3) is 67.1. The topological polar surface area (TPSA) is 237 Å². The van der Waals surface area contributed by atoms with Crippen LogP contribution in [0.3, 0.4) is 0 Å². The van der Waals surface area contributed by atoms with E-state index in [0.29, 0.717) is 25.7 Å². The number of carbonyl (C=O) groups excluding carboxylic acids is 4. The van der Waals surface area contributed by atoms with E-state index in [2.05, 4.69) is 101 Å². The molecule has 0 spiro atoms. The highest BCUT2D eigenvalue weighted by atomic mass is 31.2. The summed E-state index contributed by atoms with van der Waals surface area (Å²) < 4.78 is 68.3. The van der Waals surface area contributed by atoms with Gasteiger partial charge >= 0.3 is 39.5 Å².